The maximum absolute atomic E-state index is 13.8. The molecule has 0 spiro atoms. The van der Waals surface area contributed by atoms with E-state index in [0.29, 0.717) is 17.7 Å². The SMILES string of the molecule is CCC(C)(C)C(=O)Nc1cc(F)c2c(c1)COB2O. The van der Waals surface area contributed by atoms with Gasteiger partial charge in [0.25, 0.3) is 0 Å². The monoisotopic (exact) mass is 265 g/mol. The van der Waals surface area contributed by atoms with Gasteiger partial charge in [-0.1, -0.05) is 20.8 Å². The van der Waals surface area contributed by atoms with Gasteiger partial charge in [0.2, 0.25) is 5.91 Å². The van der Waals surface area contributed by atoms with Crippen molar-refractivity contribution in [3.63, 3.8) is 0 Å². The highest BCUT2D eigenvalue weighted by atomic mass is 19.1. The molecule has 0 aromatic heterocycles. The Morgan fingerprint density at radius 2 is 2.26 bits per heavy atom. The second-order valence-electron chi connectivity index (χ2n) is 5.39. The molecule has 0 atom stereocenters. The summed E-state index contributed by atoms with van der Waals surface area (Å²) in [6, 6.07) is 2.85. The first-order chi connectivity index (χ1) is 8.85. The van der Waals surface area contributed by atoms with Crippen LogP contribution in [0.15, 0.2) is 12.1 Å². The number of anilines is 1. The molecule has 0 bridgehead atoms. The second kappa shape index (κ2) is 4.94. The van der Waals surface area contributed by atoms with Crippen molar-refractivity contribution in [2.75, 3.05) is 5.32 Å². The molecule has 1 aliphatic rings. The van der Waals surface area contributed by atoms with Crippen LogP contribution >= 0.6 is 0 Å². The highest BCUT2D eigenvalue weighted by Crippen LogP contribution is 2.24. The van der Waals surface area contributed by atoms with Crippen molar-refractivity contribution < 1.29 is 18.9 Å². The molecule has 4 nitrogen and oxygen atoms in total. The minimum Gasteiger partial charge on any atom is -0.423 e. The fourth-order valence-corrected chi connectivity index (χ4v) is 1.86. The molecule has 0 aliphatic carbocycles. The van der Waals surface area contributed by atoms with Crippen LogP contribution in [0, 0.1) is 11.2 Å². The molecular formula is C13H17BFNO3. The van der Waals surface area contributed by atoms with Crippen molar-refractivity contribution in [2.45, 2.75) is 33.8 Å². The Kier molecular flexibility index (Phi) is 3.65. The number of nitrogens with one attached hydrogen (secondary N) is 1. The van der Waals surface area contributed by atoms with E-state index in [-0.39, 0.29) is 18.0 Å². The zero-order valence-electron chi connectivity index (χ0n) is 11.3. The predicted molar refractivity (Wildman–Crippen MR) is 71.5 cm³/mol. The quantitative estimate of drug-likeness (QED) is 0.812. The van der Waals surface area contributed by atoms with Crippen LogP contribution in [-0.4, -0.2) is 18.0 Å². The number of hydrogen-bond acceptors (Lipinski definition) is 3. The highest BCUT2D eigenvalue weighted by molar-refractivity contribution is 6.61. The van der Waals surface area contributed by atoms with Crippen molar-refractivity contribution in [1.29, 1.82) is 0 Å². The van der Waals surface area contributed by atoms with Gasteiger partial charge in [0.15, 0.2) is 0 Å². The Hall–Kier alpha value is -1.40. The number of fused-ring (bicyclic) bond motifs is 1. The molecule has 1 aromatic rings. The first-order valence-corrected chi connectivity index (χ1v) is 6.28. The van der Waals surface area contributed by atoms with Crippen LogP contribution in [0.1, 0.15) is 32.8 Å². The van der Waals surface area contributed by atoms with Gasteiger partial charge in [-0.05, 0) is 24.1 Å². The van der Waals surface area contributed by atoms with Crippen LogP contribution in [0.25, 0.3) is 0 Å². The van der Waals surface area contributed by atoms with Gasteiger partial charge in [0, 0.05) is 16.6 Å². The zero-order chi connectivity index (χ0) is 14.2. The lowest BCUT2D eigenvalue weighted by molar-refractivity contribution is -0.124. The van der Waals surface area contributed by atoms with E-state index in [2.05, 4.69) is 5.32 Å². The lowest BCUT2D eigenvalue weighted by Gasteiger charge is -2.21. The van der Waals surface area contributed by atoms with Crippen LogP contribution < -0.4 is 10.8 Å². The van der Waals surface area contributed by atoms with Gasteiger partial charge < -0.3 is 15.0 Å². The lowest BCUT2D eigenvalue weighted by Crippen LogP contribution is -2.32. The number of amides is 1. The normalized spacial score (nSPS) is 14.5. The Bertz CT molecular complexity index is 519. The molecule has 1 aliphatic heterocycles. The number of halogens is 1. The van der Waals surface area contributed by atoms with Gasteiger partial charge in [-0.25, -0.2) is 4.39 Å². The maximum atomic E-state index is 13.8. The van der Waals surface area contributed by atoms with E-state index in [1.54, 1.807) is 6.07 Å². The third-order valence-corrected chi connectivity index (χ3v) is 3.62. The number of benzene rings is 1. The first-order valence-electron chi connectivity index (χ1n) is 6.28. The molecule has 19 heavy (non-hydrogen) atoms. The van der Waals surface area contributed by atoms with Gasteiger partial charge >= 0.3 is 7.12 Å². The third kappa shape index (κ3) is 2.64. The summed E-state index contributed by atoms with van der Waals surface area (Å²) in [5.41, 5.74) is 0.608. The van der Waals surface area contributed by atoms with Crippen LogP contribution in [0.3, 0.4) is 0 Å². The summed E-state index contributed by atoms with van der Waals surface area (Å²) in [5.74, 6) is -0.721. The number of carbonyl (C=O) groups excluding carboxylic acids is 1. The molecule has 0 unspecified atom stereocenters. The topological polar surface area (TPSA) is 58.6 Å². The highest BCUT2D eigenvalue weighted by Gasteiger charge is 2.32. The van der Waals surface area contributed by atoms with E-state index in [4.69, 9.17) is 4.65 Å². The van der Waals surface area contributed by atoms with E-state index < -0.39 is 18.4 Å². The molecule has 1 aromatic carbocycles. The van der Waals surface area contributed by atoms with E-state index in [1.807, 2.05) is 20.8 Å². The molecule has 1 heterocycles. The molecule has 102 valence electrons. The van der Waals surface area contributed by atoms with Gasteiger partial charge in [-0.2, -0.15) is 0 Å². The Balaban J connectivity index is 2.24. The van der Waals surface area contributed by atoms with E-state index in [0.717, 1.165) is 0 Å². The predicted octanol–water partition coefficient (Wildman–Crippen LogP) is 1.42. The maximum Gasteiger partial charge on any atom is 0.494 e. The summed E-state index contributed by atoms with van der Waals surface area (Å²) in [4.78, 5) is 12.0. The minimum absolute atomic E-state index is 0.147. The fraction of sp³-hybridized carbons (Fsp3) is 0.462. The summed E-state index contributed by atoms with van der Waals surface area (Å²) in [6.07, 6.45) is 0.689. The summed E-state index contributed by atoms with van der Waals surface area (Å²) in [6.45, 7) is 5.74. The molecule has 0 radical (unpaired) electrons. The van der Waals surface area contributed by atoms with Crippen LogP contribution in [0.5, 0.6) is 0 Å². The summed E-state index contributed by atoms with van der Waals surface area (Å²) < 4.78 is 18.8. The second-order valence-corrected chi connectivity index (χ2v) is 5.39. The average Bonchev–Trinajstić information content (AvgIpc) is 2.71. The Morgan fingerprint density at radius 1 is 1.58 bits per heavy atom. The minimum atomic E-state index is -1.22. The number of rotatable bonds is 3. The molecule has 1 amide bonds. The number of hydrogen-bond donors (Lipinski definition) is 2. The van der Waals surface area contributed by atoms with Crippen LogP contribution in [0.4, 0.5) is 10.1 Å². The lowest BCUT2D eigenvalue weighted by atomic mass is 9.79. The smallest absolute Gasteiger partial charge is 0.423 e. The van der Waals surface area contributed by atoms with Crippen molar-refractivity contribution in [1.82, 2.24) is 0 Å². The summed E-state index contributed by atoms with van der Waals surface area (Å²) in [7, 11) is -1.22. The molecule has 0 fully saturated rings. The molecule has 6 heteroatoms. The number of carbonyl (C=O) groups is 1. The Morgan fingerprint density at radius 3 is 2.89 bits per heavy atom. The van der Waals surface area contributed by atoms with Crippen molar-refractivity contribution >= 4 is 24.2 Å². The van der Waals surface area contributed by atoms with E-state index in [9.17, 15) is 14.2 Å². The van der Waals surface area contributed by atoms with Crippen molar-refractivity contribution in [3.05, 3.63) is 23.5 Å². The molecular weight excluding hydrogens is 248 g/mol. The van der Waals surface area contributed by atoms with Crippen molar-refractivity contribution in [2.24, 2.45) is 5.41 Å². The fourth-order valence-electron chi connectivity index (χ4n) is 1.86. The van der Waals surface area contributed by atoms with Gasteiger partial charge in [0.05, 0.1) is 6.61 Å². The van der Waals surface area contributed by atoms with Gasteiger partial charge in [-0.3, -0.25) is 4.79 Å². The molecule has 2 rings (SSSR count). The van der Waals surface area contributed by atoms with Crippen LogP contribution in [-0.2, 0) is 16.1 Å². The third-order valence-electron chi connectivity index (χ3n) is 3.62. The van der Waals surface area contributed by atoms with E-state index in [1.165, 1.54) is 6.07 Å². The summed E-state index contributed by atoms with van der Waals surface area (Å²) in [5, 5.41) is 12.2. The zero-order valence-corrected chi connectivity index (χ0v) is 11.3. The van der Waals surface area contributed by atoms with Crippen LogP contribution in [0.2, 0.25) is 0 Å². The van der Waals surface area contributed by atoms with Crippen molar-refractivity contribution in [3.8, 4) is 0 Å². The molecule has 0 saturated heterocycles. The average molecular weight is 265 g/mol. The first kappa shape index (κ1) is 14.0. The van der Waals surface area contributed by atoms with Gasteiger partial charge in [-0.15, -0.1) is 0 Å². The van der Waals surface area contributed by atoms with Gasteiger partial charge in [0.1, 0.15) is 5.82 Å². The van der Waals surface area contributed by atoms with E-state index >= 15 is 0 Å². The standard InChI is InChI=1S/C13H17BFNO3/c1-4-13(2,3)12(17)16-9-5-8-7-19-14(18)11(8)10(15)6-9/h5-6,18H,4,7H2,1-3H3,(H,16,17). The molecule has 2 N–H and O–H groups in total. The summed E-state index contributed by atoms with van der Waals surface area (Å²) >= 11 is 0. The Labute approximate surface area is 112 Å². The largest absolute Gasteiger partial charge is 0.494 e. The molecule has 0 saturated carbocycles.